The Labute approximate surface area is 102 Å². The normalized spacial score (nSPS) is 16.1. The van der Waals surface area contributed by atoms with Gasteiger partial charge in [-0.25, -0.2) is 8.78 Å². The molecule has 7 heteroatoms. The van der Waals surface area contributed by atoms with E-state index < -0.39 is 17.4 Å². The predicted molar refractivity (Wildman–Crippen MR) is 59.6 cm³/mol. The quantitative estimate of drug-likeness (QED) is 0.471. The molecule has 1 aliphatic heterocycles. The standard InChI is InChI=1S/C11H11F2N3O2/c12-9-5-7(15-16-14)6-10(13)11(9)18-8-1-3-17-4-2-8/h5-6,8H,1-4H2. The van der Waals surface area contributed by atoms with Crippen LogP contribution in [0.2, 0.25) is 0 Å². The zero-order valence-corrected chi connectivity index (χ0v) is 9.47. The molecule has 0 aliphatic carbocycles. The van der Waals surface area contributed by atoms with Gasteiger partial charge in [0.2, 0.25) is 0 Å². The van der Waals surface area contributed by atoms with Gasteiger partial charge in [0.1, 0.15) is 6.10 Å². The molecule has 1 aliphatic rings. The number of benzene rings is 1. The van der Waals surface area contributed by atoms with Crippen molar-refractivity contribution >= 4 is 5.69 Å². The van der Waals surface area contributed by atoms with Crippen LogP contribution in [-0.4, -0.2) is 19.3 Å². The lowest BCUT2D eigenvalue weighted by atomic mass is 10.1. The molecule has 1 fully saturated rings. The summed E-state index contributed by atoms with van der Waals surface area (Å²) < 4.78 is 37.6. The fraction of sp³-hybridized carbons (Fsp3) is 0.455. The first-order valence-electron chi connectivity index (χ1n) is 5.49. The van der Waals surface area contributed by atoms with Crippen molar-refractivity contribution in [1.82, 2.24) is 0 Å². The molecular formula is C11H11F2N3O2. The zero-order valence-electron chi connectivity index (χ0n) is 9.47. The van der Waals surface area contributed by atoms with Crippen molar-refractivity contribution in [3.8, 4) is 5.75 Å². The van der Waals surface area contributed by atoms with Gasteiger partial charge < -0.3 is 9.47 Å². The van der Waals surface area contributed by atoms with E-state index in [2.05, 4.69) is 10.0 Å². The molecule has 1 heterocycles. The number of ether oxygens (including phenoxy) is 2. The van der Waals surface area contributed by atoms with Crippen LogP contribution in [0.4, 0.5) is 14.5 Å². The fourth-order valence-corrected chi connectivity index (χ4v) is 1.73. The van der Waals surface area contributed by atoms with E-state index in [0.29, 0.717) is 26.1 Å². The van der Waals surface area contributed by atoms with Crippen molar-refractivity contribution in [2.24, 2.45) is 5.11 Å². The molecule has 0 bridgehead atoms. The first kappa shape index (κ1) is 12.6. The van der Waals surface area contributed by atoms with Gasteiger partial charge in [-0.1, -0.05) is 5.11 Å². The van der Waals surface area contributed by atoms with Crippen LogP contribution in [0, 0.1) is 11.6 Å². The second-order valence-electron chi connectivity index (χ2n) is 3.86. The Hall–Kier alpha value is -1.85. The van der Waals surface area contributed by atoms with Gasteiger partial charge in [0, 0.05) is 23.4 Å². The predicted octanol–water partition coefficient (Wildman–Crippen LogP) is 3.46. The van der Waals surface area contributed by atoms with Crippen molar-refractivity contribution in [1.29, 1.82) is 0 Å². The maximum absolute atomic E-state index is 13.6. The minimum atomic E-state index is -0.871. The van der Waals surface area contributed by atoms with E-state index in [-0.39, 0.29) is 11.8 Å². The minimum Gasteiger partial charge on any atom is -0.484 e. The van der Waals surface area contributed by atoms with Crippen molar-refractivity contribution < 1.29 is 18.3 Å². The van der Waals surface area contributed by atoms with Crippen molar-refractivity contribution in [3.05, 3.63) is 34.2 Å². The summed E-state index contributed by atoms with van der Waals surface area (Å²) in [6, 6.07) is 1.88. The molecule has 0 spiro atoms. The first-order chi connectivity index (χ1) is 8.70. The molecule has 1 aromatic rings. The largest absolute Gasteiger partial charge is 0.484 e. The van der Waals surface area contributed by atoms with Crippen LogP contribution in [0.1, 0.15) is 12.8 Å². The van der Waals surface area contributed by atoms with Gasteiger partial charge in [-0.05, 0) is 17.7 Å². The molecule has 0 aromatic heterocycles. The van der Waals surface area contributed by atoms with Gasteiger partial charge in [0.25, 0.3) is 0 Å². The highest BCUT2D eigenvalue weighted by molar-refractivity contribution is 5.43. The summed E-state index contributed by atoms with van der Waals surface area (Å²) in [5.41, 5.74) is 8.08. The Kier molecular flexibility index (Phi) is 3.96. The summed E-state index contributed by atoms with van der Waals surface area (Å²) in [5.74, 6) is -2.17. The molecular weight excluding hydrogens is 244 g/mol. The molecule has 0 saturated carbocycles. The van der Waals surface area contributed by atoms with Gasteiger partial charge in [0.05, 0.1) is 13.2 Å². The van der Waals surface area contributed by atoms with E-state index in [1.807, 2.05) is 0 Å². The molecule has 2 rings (SSSR count). The number of hydrogen-bond donors (Lipinski definition) is 0. The van der Waals surface area contributed by atoms with Crippen LogP contribution in [-0.2, 0) is 4.74 Å². The molecule has 1 aromatic carbocycles. The average Bonchev–Trinajstić information content (AvgIpc) is 2.36. The summed E-state index contributed by atoms with van der Waals surface area (Å²) in [6.07, 6.45) is 0.932. The van der Waals surface area contributed by atoms with Crippen LogP contribution in [0.3, 0.4) is 0 Å². The Balaban J connectivity index is 2.19. The summed E-state index contributed by atoms with van der Waals surface area (Å²) in [6.45, 7) is 1.04. The number of halogens is 2. The van der Waals surface area contributed by atoms with E-state index in [9.17, 15) is 8.78 Å². The molecule has 96 valence electrons. The van der Waals surface area contributed by atoms with Gasteiger partial charge in [0.15, 0.2) is 17.4 Å². The van der Waals surface area contributed by atoms with Crippen LogP contribution >= 0.6 is 0 Å². The van der Waals surface area contributed by atoms with Crippen LogP contribution in [0.15, 0.2) is 17.2 Å². The zero-order chi connectivity index (χ0) is 13.0. The third-order valence-corrected chi connectivity index (χ3v) is 2.60. The monoisotopic (exact) mass is 255 g/mol. The number of azide groups is 1. The molecule has 0 unspecified atom stereocenters. The number of nitrogens with zero attached hydrogens (tertiary/aromatic N) is 3. The third-order valence-electron chi connectivity index (χ3n) is 2.60. The molecule has 0 N–H and O–H groups in total. The van der Waals surface area contributed by atoms with E-state index in [1.54, 1.807) is 0 Å². The van der Waals surface area contributed by atoms with E-state index >= 15 is 0 Å². The molecule has 1 saturated heterocycles. The second kappa shape index (κ2) is 5.66. The van der Waals surface area contributed by atoms with E-state index in [1.165, 1.54) is 0 Å². The highest BCUT2D eigenvalue weighted by atomic mass is 19.1. The summed E-state index contributed by atoms with van der Waals surface area (Å²) in [5, 5.41) is 3.14. The van der Waals surface area contributed by atoms with E-state index in [0.717, 1.165) is 12.1 Å². The summed E-state index contributed by atoms with van der Waals surface area (Å²) >= 11 is 0. The highest BCUT2D eigenvalue weighted by Gasteiger charge is 2.20. The lowest BCUT2D eigenvalue weighted by Crippen LogP contribution is -2.26. The van der Waals surface area contributed by atoms with Gasteiger partial charge >= 0.3 is 0 Å². The Morgan fingerprint density at radius 3 is 2.44 bits per heavy atom. The Morgan fingerprint density at radius 1 is 1.28 bits per heavy atom. The Bertz CT molecular complexity index is 460. The maximum atomic E-state index is 13.6. The summed E-state index contributed by atoms with van der Waals surface area (Å²) in [7, 11) is 0. The number of hydrogen-bond acceptors (Lipinski definition) is 3. The minimum absolute atomic E-state index is 0.119. The second-order valence-corrected chi connectivity index (χ2v) is 3.86. The smallest absolute Gasteiger partial charge is 0.191 e. The fourth-order valence-electron chi connectivity index (χ4n) is 1.73. The maximum Gasteiger partial charge on any atom is 0.191 e. The molecule has 0 atom stereocenters. The average molecular weight is 255 g/mol. The molecule has 0 radical (unpaired) electrons. The van der Waals surface area contributed by atoms with Gasteiger partial charge in [-0.2, -0.15) is 0 Å². The SMILES string of the molecule is [N-]=[N+]=Nc1cc(F)c(OC2CCOCC2)c(F)c1. The van der Waals surface area contributed by atoms with Crippen LogP contribution < -0.4 is 4.74 Å². The van der Waals surface area contributed by atoms with E-state index in [4.69, 9.17) is 15.0 Å². The van der Waals surface area contributed by atoms with Crippen molar-refractivity contribution in [2.45, 2.75) is 18.9 Å². The molecule has 0 amide bonds. The third kappa shape index (κ3) is 2.88. The van der Waals surface area contributed by atoms with Crippen LogP contribution in [0.5, 0.6) is 5.75 Å². The lowest BCUT2D eigenvalue weighted by Gasteiger charge is -2.23. The van der Waals surface area contributed by atoms with Gasteiger partial charge in [-0.3, -0.25) is 0 Å². The van der Waals surface area contributed by atoms with Crippen molar-refractivity contribution in [3.63, 3.8) is 0 Å². The number of rotatable bonds is 3. The first-order valence-corrected chi connectivity index (χ1v) is 5.49. The van der Waals surface area contributed by atoms with Crippen molar-refractivity contribution in [2.75, 3.05) is 13.2 Å². The highest BCUT2D eigenvalue weighted by Crippen LogP contribution is 2.29. The lowest BCUT2D eigenvalue weighted by molar-refractivity contribution is 0.0223. The summed E-state index contributed by atoms with van der Waals surface area (Å²) in [4.78, 5) is 2.47. The molecule has 18 heavy (non-hydrogen) atoms. The molecule has 5 nitrogen and oxygen atoms in total. The topological polar surface area (TPSA) is 67.2 Å². The Morgan fingerprint density at radius 2 is 1.89 bits per heavy atom. The van der Waals surface area contributed by atoms with Gasteiger partial charge in [-0.15, -0.1) is 0 Å². The van der Waals surface area contributed by atoms with Crippen LogP contribution in [0.25, 0.3) is 10.4 Å².